The van der Waals surface area contributed by atoms with Gasteiger partial charge in [-0.3, -0.25) is 24.0 Å². The molecule has 0 spiro atoms. The Labute approximate surface area is 338 Å². The molecule has 58 heavy (non-hydrogen) atoms. The zero-order chi connectivity index (χ0) is 41.1. The van der Waals surface area contributed by atoms with Gasteiger partial charge in [0.1, 0.15) is 42.9 Å². The maximum atomic E-state index is 14.6. The third-order valence-corrected chi connectivity index (χ3v) is 12.1. The van der Waals surface area contributed by atoms with E-state index in [1.807, 2.05) is 56.4 Å². The molecule has 0 bridgehead atoms. The van der Waals surface area contributed by atoms with Crippen molar-refractivity contribution in [1.29, 1.82) is 0 Å². The van der Waals surface area contributed by atoms with Gasteiger partial charge < -0.3 is 45.6 Å². The number of nitrogens with zero attached hydrogens (tertiary/aromatic N) is 4. The minimum absolute atomic E-state index is 0.0467. The SMILES string of the molecule is C[C@@H]1C[C@H]2C(=O)OC[C@H](NC(=O)[C@H](Cc3ccccc3)NC(=O)Nc3ccc4c(c3)CCN4C)C(=O)N3CCC[C@H]3C(=O)N3CCCC[C@H]3C(=O)N[C@@H](C)C(=O)N2C1. The van der Waals surface area contributed by atoms with E-state index >= 15 is 0 Å². The molecule has 310 valence electrons. The largest absolute Gasteiger partial charge is 0.461 e. The van der Waals surface area contributed by atoms with Crippen LogP contribution in [0.25, 0.3) is 0 Å². The molecule has 5 heterocycles. The van der Waals surface area contributed by atoms with Gasteiger partial charge in [0.15, 0.2) is 0 Å². The van der Waals surface area contributed by atoms with Crippen LogP contribution in [-0.4, -0.2) is 132 Å². The summed E-state index contributed by atoms with van der Waals surface area (Å²) < 4.78 is 5.78. The molecule has 0 unspecified atom stereocenters. The van der Waals surface area contributed by atoms with E-state index < -0.39 is 78.5 Å². The summed E-state index contributed by atoms with van der Waals surface area (Å²) in [7, 11) is 2.01. The van der Waals surface area contributed by atoms with Crippen molar-refractivity contribution in [3.8, 4) is 0 Å². The zero-order valence-electron chi connectivity index (χ0n) is 33.4. The number of esters is 1. The van der Waals surface area contributed by atoms with Gasteiger partial charge in [-0.1, -0.05) is 37.3 Å². The third kappa shape index (κ3) is 8.75. The zero-order valence-corrected chi connectivity index (χ0v) is 33.4. The number of hydrogen-bond donors (Lipinski definition) is 4. The van der Waals surface area contributed by atoms with E-state index in [-0.39, 0.29) is 31.3 Å². The average Bonchev–Trinajstić information content (AvgIpc) is 3.96. The number of rotatable bonds is 6. The molecular weight excluding hydrogens is 745 g/mol. The molecule has 2 aromatic rings. The number of nitrogens with one attached hydrogen (secondary N) is 4. The van der Waals surface area contributed by atoms with E-state index in [0.29, 0.717) is 50.8 Å². The highest BCUT2D eigenvalue weighted by atomic mass is 16.5. The maximum Gasteiger partial charge on any atom is 0.328 e. The first-order valence-corrected chi connectivity index (χ1v) is 20.5. The summed E-state index contributed by atoms with van der Waals surface area (Å²) in [5.41, 5.74) is 3.50. The van der Waals surface area contributed by atoms with Gasteiger partial charge in [-0.05, 0) is 87.1 Å². The van der Waals surface area contributed by atoms with Gasteiger partial charge in [0, 0.05) is 51.0 Å². The van der Waals surface area contributed by atoms with Gasteiger partial charge in [0.25, 0.3) is 0 Å². The van der Waals surface area contributed by atoms with Crippen molar-refractivity contribution < 1.29 is 38.3 Å². The van der Waals surface area contributed by atoms with Crippen molar-refractivity contribution in [2.75, 3.05) is 50.1 Å². The van der Waals surface area contributed by atoms with Crippen LogP contribution in [0.3, 0.4) is 0 Å². The minimum atomic E-state index is -1.43. The van der Waals surface area contributed by atoms with Crippen LogP contribution in [0.5, 0.6) is 0 Å². The summed E-state index contributed by atoms with van der Waals surface area (Å²) in [5.74, 6) is -3.42. The quantitative estimate of drug-likeness (QED) is 0.315. The van der Waals surface area contributed by atoms with Gasteiger partial charge in [-0.2, -0.15) is 0 Å². The first kappa shape index (κ1) is 40.5. The molecule has 0 radical (unpaired) electrons. The number of anilines is 2. The van der Waals surface area contributed by atoms with Crippen molar-refractivity contribution in [2.24, 2.45) is 5.92 Å². The van der Waals surface area contributed by atoms with Crippen LogP contribution in [0.1, 0.15) is 63.5 Å². The average molecular weight is 799 g/mol. The number of amides is 7. The molecule has 7 atom stereocenters. The number of hydrogen-bond acceptors (Lipinski definition) is 9. The molecule has 0 aromatic heterocycles. The topological polar surface area (TPSA) is 190 Å². The van der Waals surface area contributed by atoms with Gasteiger partial charge in [-0.25, -0.2) is 9.59 Å². The first-order chi connectivity index (χ1) is 27.9. The number of carbonyl (C=O) groups is 7. The molecule has 4 N–H and O–H groups in total. The second kappa shape index (κ2) is 17.4. The molecule has 16 nitrogen and oxygen atoms in total. The standard InChI is InChI=1S/C42H54N8O8/c1-25-20-35-41(56)58-24-31(39(54)49-18-9-13-34(49)40(55)48-17-8-7-12-33(48)37(52)43-26(2)38(53)50(35)23-25)45-36(51)30(21-27-10-5-4-6-11-27)46-42(57)44-29-14-15-32-28(22-29)16-19-47(32)3/h4-6,10-11,14-15,22,25-26,30-31,33-35H,7-9,12-13,16-21,23-24H2,1-3H3,(H,43,52)(H,45,51)(H2,44,46,57)/t25-,26+,30+,31+,33+,34+,35+/m1/s1. The van der Waals surface area contributed by atoms with Crippen LogP contribution in [0.15, 0.2) is 48.5 Å². The predicted molar refractivity (Wildman–Crippen MR) is 213 cm³/mol. The van der Waals surface area contributed by atoms with E-state index in [4.69, 9.17) is 4.74 Å². The Morgan fingerprint density at radius 1 is 0.845 bits per heavy atom. The summed E-state index contributed by atoms with van der Waals surface area (Å²) in [6.45, 7) is 4.57. The Hall–Kier alpha value is -5.67. The molecule has 0 aliphatic carbocycles. The summed E-state index contributed by atoms with van der Waals surface area (Å²) in [6.07, 6.45) is 3.88. The van der Waals surface area contributed by atoms with Gasteiger partial charge in [0.2, 0.25) is 29.5 Å². The fourth-order valence-corrected chi connectivity index (χ4v) is 9.02. The number of likely N-dealkylation sites (N-methyl/N-ethyl adjacent to an activating group) is 1. The van der Waals surface area contributed by atoms with Gasteiger partial charge >= 0.3 is 12.0 Å². The van der Waals surface area contributed by atoms with E-state index in [1.165, 1.54) is 14.7 Å². The number of fused-ring (bicyclic) bond motifs is 4. The third-order valence-electron chi connectivity index (χ3n) is 12.1. The van der Waals surface area contributed by atoms with E-state index in [1.54, 1.807) is 13.0 Å². The van der Waals surface area contributed by atoms with Crippen LogP contribution >= 0.6 is 0 Å². The Kier molecular flexibility index (Phi) is 12.2. The van der Waals surface area contributed by atoms with Crippen LogP contribution < -0.4 is 26.2 Å². The molecular formula is C42H54N8O8. The lowest BCUT2D eigenvalue weighted by molar-refractivity contribution is -0.158. The summed E-state index contributed by atoms with van der Waals surface area (Å²) >= 11 is 0. The van der Waals surface area contributed by atoms with Crippen LogP contribution in [0, 0.1) is 5.92 Å². The summed E-state index contributed by atoms with van der Waals surface area (Å²) in [5, 5.41) is 11.2. The van der Waals surface area contributed by atoms with Crippen molar-refractivity contribution in [3.05, 3.63) is 59.7 Å². The molecule has 5 aliphatic rings. The number of benzene rings is 2. The number of cyclic esters (lactones) is 1. The highest BCUT2D eigenvalue weighted by Gasteiger charge is 2.46. The second-order valence-corrected chi connectivity index (χ2v) is 16.4. The minimum Gasteiger partial charge on any atom is -0.461 e. The predicted octanol–water partition coefficient (Wildman–Crippen LogP) is 1.57. The molecule has 4 fully saturated rings. The van der Waals surface area contributed by atoms with E-state index in [2.05, 4.69) is 26.2 Å². The molecule has 7 amide bonds. The number of ether oxygens (including phenoxy) is 1. The fourth-order valence-electron chi connectivity index (χ4n) is 9.02. The monoisotopic (exact) mass is 798 g/mol. The van der Waals surface area contributed by atoms with Crippen LogP contribution in [-0.2, 0) is 46.3 Å². The van der Waals surface area contributed by atoms with Crippen LogP contribution in [0.2, 0.25) is 0 Å². The van der Waals surface area contributed by atoms with Crippen molar-refractivity contribution >= 4 is 52.9 Å². The lowest BCUT2D eigenvalue weighted by atomic mass is 9.99. The highest BCUT2D eigenvalue weighted by Crippen LogP contribution is 2.30. The molecule has 4 saturated heterocycles. The fraction of sp³-hybridized carbons (Fsp3) is 0.548. The van der Waals surface area contributed by atoms with Crippen molar-refractivity contribution in [1.82, 2.24) is 30.7 Å². The smallest absolute Gasteiger partial charge is 0.328 e. The van der Waals surface area contributed by atoms with E-state index in [9.17, 15) is 33.6 Å². The molecule has 7 rings (SSSR count). The van der Waals surface area contributed by atoms with Gasteiger partial charge in [-0.15, -0.1) is 0 Å². The Bertz CT molecular complexity index is 1930. The molecule has 5 aliphatic heterocycles. The lowest BCUT2D eigenvalue weighted by Gasteiger charge is -2.39. The van der Waals surface area contributed by atoms with Crippen LogP contribution in [0.4, 0.5) is 16.2 Å². The number of piperidine rings is 1. The summed E-state index contributed by atoms with van der Waals surface area (Å²) in [4.78, 5) is 104. The Balaban J connectivity index is 1.16. The lowest BCUT2D eigenvalue weighted by Crippen LogP contribution is -2.62. The second-order valence-electron chi connectivity index (χ2n) is 16.4. The highest BCUT2D eigenvalue weighted by molar-refractivity contribution is 5.98. The first-order valence-electron chi connectivity index (χ1n) is 20.5. The van der Waals surface area contributed by atoms with Crippen molar-refractivity contribution in [2.45, 2.75) is 101 Å². The van der Waals surface area contributed by atoms with E-state index in [0.717, 1.165) is 29.8 Å². The number of carbonyl (C=O) groups excluding carboxylic acids is 7. The molecule has 2 aromatic carbocycles. The maximum absolute atomic E-state index is 14.6. The summed E-state index contributed by atoms with van der Waals surface area (Å²) in [6, 6.07) is 7.85. The Morgan fingerprint density at radius 3 is 2.38 bits per heavy atom. The normalized spacial score (nSPS) is 27.2. The Morgan fingerprint density at radius 2 is 1.59 bits per heavy atom. The molecule has 16 heteroatoms. The molecule has 0 saturated carbocycles. The number of urea groups is 1. The van der Waals surface area contributed by atoms with Crippen molar-refractivity contribution in [3.63, 3.8) is 0 Å². The van der Waals surface area contributed by atoms with Gasteiger partial charge in [0.05, 0.1) is 0 Å².